The molecule has 0 saturated heterocycles. The van der Waals surface area contributed by atoms with Crippen molar-refractivity contribution in [3.63, 3.8) is 0 Å². The van der Waals surface area contributed by atoms with E-state index in [1.54, 1.807) is 41.8 Å². The van der Waals surface area contributed by atoms with E-state index in [0.29, 0.717) is 28.3 Å². The zero-order chi connectivity index (χ0) is 28.2. The number of carbonyl (C=O) groups is 2. The standard InChI is InChI=1S/C28H22ClF3N2O4S/c29-21-11-7-17(8-12-21)22(13-16-1-3-19(4-2-16)25(36)33-14-24(35)27(37)38)26-34-23(15-39-26)18-5-9-20(10-6-18)28(30,31)32/h1-12,15,22,24,35H,13-14H2,(H,33,36)(H,37,38)/t22?,24-/m1/s1. The predicted molar refractivity (Wildman–Crippen MR) is 142 cm³/mol. The Labute approximate surface area is 230 Å². The van der Waals surface area contributed by atoms with E-state index in [1.165, 1.54) is 23.5 Å². The van der Waals surface area contributed by atoms with Crippen LogP contribution in [0.25, 0.3) is 11.3 Å². The molecular formula is C28H22ClF3N2O4S. The number of rotatable bonds is 9. The van der Waals surface area contributed by atoms with Crippen LogP contribution in [0.4, 0.5) is 13.2 Å². The molecule has 3 aromatic carbocycles. The summed E-state index contributed by atoms with van der Waals surface area (Å²) in [5.74, 6) is -2.14. The molecule has 4 rings (SSSR count). The van der Waals surface area contributed by atoms with Gasteiger partial charge in [0.1, 0.15) is 5.01 Å². The van der Waals surface area contributed by atoms with Gasteiger partial charge in [0.15, 0.2) is 6.10 Å². The van der Waals surface area contributed by atoms with E-state index in [9.17, 15) is 27.9 Å². The fourth-order valence-corrected chi connectivity index (χ4v) is 4.94. The van der Waals surface area contributed by atoms with Crippen molar-refractivity contribution in [3.05, 3.63) is 110 Å². The van der Waals surface area contributed by atoms with Gasteiger partial charge in [0.2, 0.25) is 0 Å². The molecule has 1 unspecified atom stereocenters. The first-order valence-electron chi connectivity index (χ1n) is 11.7. The zero-order valence-electron chi connectivity index (χ0n) is 20.2. The normalized spacial score (nSPS) is 13.1. The second-order valence-corrected chi connectivity index (χ2v) is 10.0. The molecule has 0 aliphatic heterocycles. The molecule has 11 heteroatoms. The summed E-state index contributed by atoms with van der Waals surface area (Å²) in [4.78, 5) is 27.8. The van der Waals surface area contributed by atoms with Crippen LogP contribution in [0.1, 0.15) is 38.0 Å². The third-order valence-corrected chi connectivity index (χ3v) is 7.21. The maximum absolute atomic E-state index is 12.9. The van der Waals surface area contributed by atoms with E-state index in [2.05, 4.69) is 5.32 Å². The number of aliphatic hydroxyl groups is 1. The quantitative estimate of drug-likeness (QED) is 0.227. The van der Waals surface area contributed by atoms with Crippen molar-refractivity contribution in [1.29, 1.82) is 0 Å². The van der Waals surface area contributed by atoms with E-state index >= 15 is 0 Å². The number of halogens is 4. The molecule has 0 radical (unpaired) electrons. The lowest BCUT2D eigenvalue weighted by Crippen LogP contribution is -2.36. The number of aromatic nitrogens is 1. The Kier molecular flexibility index (Phi) is 8.69. The second kappa shape index (κ2) is 12.0. The molecular weight excluding hydrogens is 553 g/mol. The Morgan fingerprint density at radius 2 is 1.62 bits per heavy atom. The van der Waals surface area contributed by atoms with E-state index < -0.39 is 36.3 Å². The van der Waals surface area contributed by atoms with Gasteiger partial charge in [0.25, 0.3) is 5.91 Å². The molecule has 1 aromatic heterocycles. The summed E-state index contributed by atoms with van der Waals surface area (Å²) < 4.78 is 38.8. The fraction of sp³-hybridized carbons (Fsp3) is 0.179. The highest BCUT2D eigenvalue weighted by atomic mass is 35.5. The van der Waals surface area contributed by atoms with Gasteiger partial charge in [-0.2, -0.15) is 13.2 Å². The highest BCUT2D eigenvalue weighted by Gasteiger charge is 2.30. The molecule has 6 nitrogen and oxygen atoms in total. The summed E-state index contributed by atoms with van der Waals surface area (Å²) in [6.07, 6.45) is -5.60. The van der Waals surface area contributed by atoms with Gasteiger partial charge in [0.05, 0.1) is 17.8 Å². The third kappa shape index (κ3) is 7.23. The molecule has 0 bridgehead atoms. The summed E-state index contributed by atoms with van der Waals surface area (Å²) in [6.45, 7) is -0.417. The highest BCUT2D eigenvalue weighted by molar-refractivity contribution is 7.10. The third-order valence-electron chi connectivity index (χ3n) is 6.00. The van der Waals surface area contributed by atoms with Crippen molar-refractivity contribution in [2.45, 2.75) is 24.6 Å². The highest BCUT2D eigenvalue weighted by Crippen LogP contribution is 2.35. The van der Waals surface area contributed by atoms with Crippen LogP contribution in [0, 0.1) is 0 Å². The van der Waals surface area contributed by atoms with Crippen LogP contribution in [0.2, 0.25) is 5.02 Å². The number of aliphatic hydroxyl groups excluding tert-OH is 1. The average Bonchev–Trinajstić information content (AvgIpc) is 3.40. The minimum atomic E-state index is -4.42. The maximum atomic E-state index is 12.9. The number of alkyl halides is 3. The molecule has 0 spiro atoms. The van der Waals surface area contributed by atoms with Gasteiger partial charge in [-0.1, -0.05) is 48.0 Å². The molecule has 0 aliphatic rings. The van der Waals surface area contributed by atoms with E-state index in [4.69, 9.17) is 21.7 Å². The SMILES string of the molecule is O=C(NC[C@@H](O)C(=O)O)c1ccc(CC(c2ccc(Cl)cc2)c2nc(-c3ccc(C(F)(F)F)cc3)cs2)cc1. The van der Waals surface area contributed by atoms with Crippen LogP contribution in [-0.4, -0.2) is 39.7 Å². The van der Waals surface area contributed by atoms with E-state index in [-0.39, 0.29) is 5.92 Å². The molecule has 4 aromatic rings. The molecule has 2 atom stereocenters. The topological polar surface area (TPSA) is 99.5 Å². The van der Waals surface area contributed by atoms with Crippen molar-refractivity contribution >= 4 is 34.8 Å². The Morgan fingerprint density at radius 1 is 0.974 bits per heavy atom. The first-order chi connectivity index (χ1) is 18.5. The Bertz CT molecular complexity index is 1440. The van der Waals surface area contributed by atoms with Crippen LogP contribution in [-0.2, 0) is 17.4 Å². The molecule has 1 heterocycles. The number of carboxylic acid groups (broad SMARTS) is 1. The number of amides is 1. The molecule has 1 amide bonds. The van der Waals surface area contributed by atoms with Crippen LogP contribution in [0.5, 0.6) is 0 Å². The van der Waals surface area contributed by atoms with E-state index in [1.807, 2.05) is 12.1 Å². The number of hydrogen-bond donors (Lipinski definition) is 3. The van der Waals surface area contributed by atoms with Gasteiger partial charge in [0, 0.05) is 27.4 Å². The molecule has 0 fully saturated rings. The van der Waals surface area contributed by atoms with Gasteiger partial charge in [-0.25, -0.2) is 9.78 Å². The Balaban J connectivity index is 1.55. The number of hydrogen-bond acceptors (Lipinski definition) is 5. The largest absolute Gasteiger partial charge is 0.479 e. The number of thiazole rings is 1. The molecule has 39 heavy (non-hydrogen) atoms. The monoisotopic (exact) mass is 574 g/mol. The van der Waals surface area contributed by atoms with Crippen LogP contribution in [0.3, 0.4) is 0 Å². The summed E-state index contributed by atoms with van der Waals surface area (Å²) in [6, 6.07) is 18.9. The lowest BCUT2D eigenvalue weighted by molar-refractivity contribution is -0.146. The van der Waals surface area contributed by atoms with Gasteiger partial charge < -0.3 is 15.5 Å². The van der Waals surface area contributed by atoms with Gasteiger partial charge in [-0.15, -0.1) is 11.3 Å². The first-order valence-corrected chi connectivity index (χ1v) is 12.9. The number of benzene rings is 3. The number of nitrogens with one attached hydrogen (secondary N) is 1. The average molecular weight is 575 g/mol. The van der Waals surface area contributed by atoms with Crippen molar-refractivity contribution in [1.82, 2.24) is 10.3 Å². The summed E-state index contributed by atoms with van der Waals surface area (Å²) >= 11 is 7.48. The molecule has 0 aliphatic carbocycles. The minimum Gasteiger partial charge on any atom is -0.479 e. The number of nitrogens with zero attached hydrogens (tertiary/aromatic N) is 1. The molecule has 202 valence electrons. The van der Waals surface area contributed by atoms with Crippen LogP contribution in [0.15, 0.2) is 78.2 Å². The number of carboxylic acids is 1. The van der Waals surface area contributed by atoms with Gasteiger partial charge in [-0.3, -0.25) is 4.79 Å². The minimum absolute atomic E-state index is 0.194. The van der Waals surface area contributed by atoms with Crippen LogP contribution >= 0.6 is 22.9 Å². The van der Waals surface area contributed by atoms with Crippen LogP contribution < -0.4 is 5.32 Å². The van der Waals surface area contributed by atoms with Crippen molar-refractivity contribution in [2.75, 3.05) is 6.54 Å². The predicted octanol–water partition coefficient (Wildman–Crippen LogP) is 6.03. The number of aliphatic carboxylic acids is 1. The second-order valence-electron chi connectivity index (χ2n) is 8.72. The van der Waals surface area contributed by atoms with Gasteiger partial charge in [-0.05, 0) is 53.9 Å². The fourth-order valence-electron chi connectivity index (χ4n) is 3.86. The summed E-state index contributed by atoms with van der Waals surface area (Å²) in [5.41, 5.74) is 2.55. The van der Waals surface area contributed by atoms with Crippen molar-refractivity contribution < 1.29 is 33.0 Å². The summed E-state index contributed by atoms with van der Waals surface area (Å²) in [5, 5.41) is 23.6. The number of carbonyl (C=O) groups excluding carboxylic acids is 1. The van der Waals surface area contributed by atoms with Crippen molar-refractivity contribution in [2.24, 2.45) is 0 Å². The summed E-state index contributed by atoms with van der Waals surface area (Å²) in [7, 11) is 0. The smallest absolute Gasteiger partial charge is 0.416 e. The van der Waals surface area contributed by atoms with E-state index in [0.717, 1.165) is 28.3 Å². The van der Waals surface area contributed by atoms with Crippen molar-refractivity contribution in [3.8, 4) is 11.3 Å². The lowest BCUT2D eigenvalue weighted by Gasteiger charge is -2.16. The molecule has 3 N–H and O–H groups in total. The van der Waals surface area contributed by atoms with Gasteiger partial charge >= 0.3 is 12.1 Å². The lowest BCUT2D eigenvalue weighted by atomic mass is 9.92. The maximum Gasteiger partial charge on any atom is 0.416 e. The molecule has 0 saturated carbocycles. The zero-order valence-corrected chi connectivity index (χ0v) is 21.7. The Hall–Kier alpha value is -3.73. The Morgan fingerprint density at radius 3 is 2.21 bits per heavy atom. The first kappa shape index (κ1) is 28.3.